The Kier molecular flexibility index (Phi) is 11.2. The van der Waals surface area contributed by atoms with E-state index in [1.807, 2.05) is 6.92 Å². The van der Waals surface area contributed by atoms with Crippen LogP contribution in [0.4, 0.5) is 0 Å². The molecule has 0 radical (unpaired) electrons. The number of rotatable bonds is 12. The van der Waals surface area contributed by atoms with Gasteiger partial charge in [0, 0.05) is 10.6 Å². The van der Waals surface area contributed by atoms with E-state index in [4.69, 9.17) is 0 Å². The molecular weight excluding hydrogens is 304 g/mol. The van der Waals surface area contributed by atoms with E-state index in [9.17, 15) is 17.2 Å². The average molecular weight is 330 g/mol. The van der Waals surface area contributed by atoms with E-state index in [2.05, 4.69) is 6.92 Å². The standard InChI is InChI=1S/C12H25O4S3/c1-3-4-5-8-11-19(15,16)18(14)10-7-6-9-12(2)17-13/h12H,3-11H2,1-2H3/q+1. The quantitative estimate of drug-likeness (QED) is 0.313. The van der Waals surface area contributed by atoms with Gasteiger partial charge in [0.15, 0.2) is 0 Å². The lowest BCUT2D eigenvalue weighted by Gasteiger charge is -2.10. The van der Waals surface area contributed by atoms with Crippen molar-refractivity contribution in [3.8, 4) is 0 Å². The minimum absolute atomic E-state index is 0.0342. The lowest BCUT2D eigenvalue weighted by molar-refractivity contribution is 0.574. The van der Waals surface area contributed by atoms with E-state index in [-0.39, 0.29) is 16.8 Å². The molecule has 0 aromatic rings. The van der Waals surface area contributed by atoms with E-state index in [1.54, 1.807) is 0 Å². The lowest BCUT2D eigenvalue weighted by atomic mass is 10.2. The van der Waals surface area contributed by atoms with Crippen molar-refractivity contribution >= 4 is 30.7 Å². The molecule has 2 atom stereocenters. The highest BCUT2D eigenvalue weighted by atomic mass is 33.2. The van der Waals surface area contributed by atoms with Gasteiger partial charge in [0.2, 0.25) is 5.25 Å². The van der Waals surface area contributed by atoms with Crippen molar-refractivity contribution in [2.75, 3.05) is 11.5 Å². The second kappa shape index (κ2) is 11.0. The molecule has 0 saturated heterocycles. The highest BCUT2D eigenvalue weighted by Crippen LogP contribution is 2.13. The highest BCUT2D eigenvalue weighted by Gasteiger charge is 2.25. The molecule has 0 aromatic carbocycles. The van der Waals surface area contributed by atoms with Gasteiger partial charge in [0.25, 0.3) is 0 Å². The third-order valence-electron chi connectivity index (χ3n) is 2.87. The van der Waals surface area contributed by atoms with Crippen LogP contribution in [0.2, 0.25) is 0 Å². The molecule has 7 heteroatoms. The maximum atomic E-state index is 11.7. The van der Waals surface area contributed by atoms with Crippen molar-refractivity contribution < 1.29 is 17.2 Å². The van der Waals surface area contributed by atoms with E-state index in [0.717, 1.165) is 32.1 Å². The largest absolute Gasteiger partial charge is 0.601 e. The first-order valence-corrected chi connectivity index (χ1v) is 11.1. The summed E-state index contributed by atoms with van der Waals surface area (Å²) in [6, 6.07) is 0. The molecule has 0 spiro atoms. The molecule has 0 N–H and O–H groups in total. The Morgan fingerprint density at radius 2 is 1.84 bits per heavy atom. The second-order valence-corrected chi connectivity index (χ2v) is 10.9. The zero-order chi connectivity index (χ0) is 14.7. The third-order valence-corrected chi connectivity index (χ3v) is 8.11. The molecule has 4 nitrogen and oxygen atoms in total. The fourth-order valence-corrected chi connectivity index (χ4v) is 5.35. The van der Waals surface area contributed by atoms with E-state index in [0.29, 0.717) is 24.5 Å². The molecule has 0 rings (SSSR count). The summed E-state index contributed by atoms with van der Waals surface area (Å²) >= 11 is 0.561. The van der Waals surface area contributed by atoms with Crippen molar-refractivity contribution in [2.45, 2.75) is 64.0 Å². The highest BCUT2D eigenvalue weighted by molar-refractivity contribution is 8.67. The zero-order valence-corrected chi connectivity index (χ0v) is 14.2. The van der Waals surface area contributed by atoms with Crippen LogP contribution in [0.5, 0.6) is 0 Å². The molecule has 0 bridgehead atoms. The predicted molar refractivity (Wildman–Crippen MR) is 82.3 cm³/mol. The molecule has 0 aliphatic carbocycles. The summed E-state index contributed by atoms with van der Waals surface area (Å²) in [6.45, 7) is 3.91. The van der Waals surface area contributed by atoms with Crippen molar-refractivity contribution in [2.24, 2.45) is 0 Å². The van der Waals surface area contributed by atoms with Crippen LogP contribution in [0.15, 0.2) is 0 Å². The molecule has 0 fully saturated rings. The summed E-state index contributed by atoms with van der Waals surface area (Å²) in [6.07, 6.45) is 5.67. The van der Waals surface area contributed by atoms with Gasteiger partial charge in [0.1, 0.15) is 5.75 Å². The molecular formula is C12H25O4S3+. The Hall–Kier alpha value is 0.280. The molecule has 19 heavy (non-hydrogen) atoms. The van der Waals surface area contributed by atoms with Crippen LogP contribution in [0.25, 0.3) is 0 Å². The van der Waals surface area contributed by atoms with Crippen molar-refractivity contribution in [1.82, 2.24) is 0 Å². The second-order valence-electron chi connectivity index (χ2n) is 4.73. The van der Waals surface area contributed by atoms with Gasteiger partial charge < -0.3 is 4.55 Å². The molecule has 2 unspecified atom stereocenters. The van der Waals surface area contributed by atoms with Crippen molar-refractivity contribution in [3.63, 3.8) is 0 Å². The Morgan fingerprint density at radius 3 is 2.42 bits per heavy atom. The third kappa shape index (κ3) is 9.76. The molecule has 0 aromatic heterocycles. The molecule has 114 valence electrons. The van der Waals surface area contributed by atoms with Crippen molar-refractivity contribution in [1.29, 1.82) is 0 Å². The Bertz CT molecular complexity index is 330. The van der Waals surface area contributed by atoms with Crippen LogP contribution < -0.4 is 0 Å². The Labute approximate surface area is 123 Å². The first-order valence-electron chi connectivity index (χ1n) is 6.84. The topological polar surface area (TPSA) is 74.3 Å². The number of unbranched alkanes of at least 4 members (excludes halogenated alkanes) is 4. The Morgan fingerprint density at radius 1 is 1.16 bits per heavy atom. The van der Waals surface area contributed by atoms with Gasteiger partial charge in [-0.3, -0.25) is 0 Å². The summed E-state index contributed by atoms with van der Waals surface area (Å²) in [7, 11) is -5.21. The average Bonchev–Trinajstić information content (AvgIpc) is 2.39. The summed E-state index contributed by atoms with van der Waals surface area (Å²) < 4.78 is 45.6. The maximum Gasteiger partial charge on any atom is 0.461 e. The minimum atomic E-state index is -3.44. The fraction of sp³-hybridized carbons (Fsp3) is 1.00. The molecule has 0 heterocycles. The van der Waals surface area contributed by atoms with Crippen molar-refractivity contribution in [3.05, 3.63) is 0 Å². The number of hydrogen-bond acceptors (Lipinski definition) is 4. The minimum Gasteiger partial charge on any atom is -0.601 e. The molecule has 0 saturated carbocycles. The monoisotopic (exact) mass is 329 g/mol. The summed E-state index contributed by atoms with van der Waals surface area (Å²) in [5.74, 6) is 0.235. The van der Waals surface area contributed by atoms with Crippen LogP contribution in [0.3, 0.4) is 0 Å². The number of hydrogen-bond donors (Lipinski definition) is 0. The predicted octanol–water partition coefficient (Wildman–Crippen LogP) is 2.63. The summed E-state index contributed by atoms with van der Waals surface area (Å²) in [5.41, 5.74) is 0. The van der Waals surface area contributed by atoms with E-state index >= 15 is 0 Å². The van der Waals surface area contributed by atoms with Crippen LogP contribution >= 0.6 is 0 Å². The van der Waals surface area contributed by atoms with Crippen LogP contribution in [0.1, 0.15) is 58.8 Å². The molecule has 0 aliphatic rings. The Balaban J connectivity index is 3.84. The zero-order valence-electron chi connectivity index (χ0n) is 11.8. The maximum absolute atomic E-state index is 11.7. The smallest absolute Gasteiger partial charge is 0.461 e. The van der Waals surface area contributed by atoms with Gasteiger partial charge in [0.05, 0.1) is 16.0 Å². The molecule has 0 amide bonds. The van der Waals surface area contributed by atoms with Crippen LogP contribution in [0, 0.1) is 0 Å². The lowest BCUT2D eigenvalue weighted by Crippen LogP contribution is -2.22. The van der Waals surface area contributed by atoms with Gasteiger partial charge in [-0.1, -0.05) is 26.2 Å². The van der Waals surface area contributed by atoms with Gasteiger partial charge in [-0.15, -0.1) is 0 Å². The normalized spacial score (nSPS) is 15.1. The summed E-state index contributed by atoms with van der Waals surface area (Å²) in [5, 5.41) is 0.0408. The SMILES string of the molecule is CCCCCCS(=O)(=O)[S+]([O-])CCCCC(C)[S+]=O. The first-order chi connectivity index (χ1) is 8.94. The van der Waals surface area contributed by atoms with Crippen LogP contribution in [-0.2, 0) is 35.0 Å². The summed E-state index contributed by atoms with van der Waals surface area (Å²) in [4.78, 5) is 0. The van der Waals surface area contributed by atoms with Gasteiger partial charge in [-0.05, 0) is 26.2 Å². The van der Waals surface area contributed by atoms with Gasteiger partial charge in [-0.2, -0.15) is 8.42 Å². The van der Waals surface area contributed by atoms with Gasteiger partial charge in [-0.25, -0.2) is 0 Å². The fourth-order valence-electron chi connectivity index (χ4n) is 1.63. The first kappa shape index (κ1) is 19.3. The van der Waals surface area contributed by atoms with Crippen LogP contribution in [-0.4, -0.2) is 29.7 Å². The van der Waals surface area contributed by atoms with E-state index in [1.165, 1.54) is 0 Å². The van der Waals surface area contributed by atoms with E-state index < -0.39 is 19.1 Å². The van der Waals surface area contributed by atoms with Gasteiger partial charge >= 0.3 is 20.5 Å². The molecule has 0 aliphatic heterocycles.